The quantitative estimate of drug-likeness (QED) is 0.284. The average Bonchev–Trinajstić information content (AvgIpc) is 2.52. The minimum atomic E-state index is 0. The van der Waals surface area contributed by atoms with Crippen molar-refractivity contribution in [3.8, 4) is 5.88 Å². The van der Waals surface area contributed by atoms with Crippen LogP contribution in [0, 0.1) is 5.92 Å². The molecule has 1 unspecified atom stereocenters. The van der Waals surface area contributed by atoms with Gasteiger partial charge in [0.2, 0.25) is 5.88 Å². The van der Waals surface area contributed by atoms with Crippen LogP contribution >= 0.6 is 24.0 Å². The van der Waals surface area contributed by atoms with Crippen molar-refractivity contribution in [3.63, 3.8) is 0 Å². The van der Waals surface area contributed by atoms with Crippen molar-refractivity contribution in [1.29, 1.82) is 0 Å². The van der Waals surface area contributed by atoms with Crippen molar-refractivity contribution in [2.45, 2.75) is 53.1 Å². The smallest absolute Gasteiger partial charge is 0.218 e. The molecule has 0 radical (unpaired) electrons. The second kappa shape index (κ2) is 12.4. The van der Waals surface area contributed by atoms with Gasteiger partial charge in [-0.3, -0.25) is 4.99 Å². The second-order valence-electron chi connectivity index (χ2n) is 5.77. The van der Waals surface area contributed by atoms with E-state index in [1.807, 2.05) is 12.1 Å². The van der Waals surface area contributed by atoms with Gasteiger partial charge >= 0.3 is 0 Å². The number of halogens is 1. The minimum absolute atomic E-state index is 0. The van der Waals surface area contributed by atoms with Gasteiger partial charge in [0.05, 0.1) is 6.61 Å². The maximum Gasteiger partial charge on any atom is 0.218 e. The van der Waals surface area contributed by atoms with Crippen molar-refractivity contribution in [3.05, 3.63) is 23.9 Å². The molecule has 2 N–H and O–H groups in total. The number of hydrogen-bond donors (Lipinski definition) is 2. The van der Waals surface area contributed by atoms with Crippen molar-refractivity contribution < 1.29 is 4.74 Å². The van der Waals surface area contributed by atoms with Crippen molar-refractivity contribution in [2.24, 2.45) is 10.9 Å². The third kappa shape index (κ3) is 8.39. The first-order chi connectivity index (χ1) is 10.6. The lowest BCUT2D eigenvalue weighted by Gasteiger charge is -2.21. The third-order valence-corrected chi connectivity index (χ3v) is 3.62. The predicted molar refractivity (Wildman–Crippen MR) is 108 cm³/mol. The highest BCUT2D eigenvalue weighted by Gasteiger charge is 2.10. The van der Waals surface area contributed by atoms with Crippen LogP contribution in [0.15, 0.2) is 23.3 Å². The Kier molecular flexibility index (Phi) is 11.8. The SMILES string of the molecule is CCCCOc1ncccc1CNC(=NC)NC(C)C(C)C.I. The third-order valence-electron chi connectivity index (χ3n) is 3.62. The van der Waals surface area contributed by atoms with Crippen LogP contribution in [0.5, 0.6) is 5.88 Å². The fraction of sp³-hybridized carbons (Fsp3) is 0.647. The lowest BCUT2D eigenvalue weighted by atomic mass is 10.1. The monoisotopic (exact) mass is 434 g/mol. The van der Waals surface area contributed by atoms with Crippen LogP contribution in [-0.4, -0.2) is 30.6 Å². The molecule has 0 amide bonds. The van der Waals surface area contributed by atoms with E-state index in [0.717, 1.165) is 24.4 Å². The zero-order valence-electron chi connectivity index (χ0n) is 14.9. The average molecular weight is 434 g/mol. The van der Waals surface area contributed by atoms with Gasteiger partial charge in [-0.2, -0.15) is 0 Å². The van der Waals surface area contributed by atoms with E-state index in [1.165, 1.54) is 0 Å². The van der Waals surface area contributed by atoms with E-state index in [1.54, 1.807) is 13.2 Å². The Morgan fingerprint density at radius 2 is 2.09 bits per heavy atom. The van der Waals surface area contributed by atoms with Gasteiger partial charge in [0.1, 0.15) is 0 Å². The van der Waals surface area contributed by atoms with Crippen molar-refractivity contribution in [1.82, 2.24) is 15.6 Å². The number of rotatable bonds is 8. The number of unbranched alkanes of at least 4 members (excludes halogenated alkanes) is 1. The van der Waals surface area contributed by atoms with E-state index in [0.29, 0.717) is 31.0 Å². The molecule has 1 rings (SSSR count). The van der Waals surface area contributed by atoms with Gasteiger partial charge in [-0.1, -0.05) is 33.3 Å². The van der Waals surface area contributed by atoms with E-state index >= 15 is 0 Å². The Morgan fingerprint density at radius 1 is 1.35 bits per heavy atom. The molecule has 1 aromatic heterocycles. The van der Waals surface area contributed by atoms with Crippen molar-refractivity contribution in [2.75, 3.05) is 13.7 Å². The van der Waals surface area contributed by atoms with Gasteiger partial charge < -0.3 is 15.4 Å². The highest BCUT2D eigenvalue weighted by Crippen LogP contribution is 2.14. The lowest BCUT2D eigenvalue weighted by Crippen LogP contribution is -2.43. The topological polar surface area (TPSA) is 58.5 Å². The molecular weight excluding hydrogens is 403 g/mol. The zero-order valence-corrected chi connectivity index (χ0v) is 17.3. The lowest BCUT2D eigenvalue weighted by molar-refractivity contribution is 0.294. The fourth-order valence-electron chi connectivity index (χ4n) is 1.76. The van der Waals surface area contributed by atoms with Gasteiger partial charge in [0.15, 0.2) is 5.96 Å². The number of pyridine rings is 1. The molecule has 5 nitrogen and oxygen atoms in total. The van der Waals surface area contributed by atoms with Gasteiger partial charge in [0.25, 0.3) is 0 Å². The summed E-state index contributed by atoms with van der Waals surface area (Å²) in [6, 6.07) is 4.32. The molecule has 1 heterocycles. The number of aliphatic imine (C=N–C) groups is 1. The molecule has 0 aliphatic carbocycles. The number of nitrogens with one attached hydrogen (secondary N) is 2. The normalized spacial score (nSPS) is 12.5. The molecule has 0 saturated heterocycles. The summed E-state index contributed by atoms with van der Waals surface area (Å²) in [4.78, 5) is 8.58. The van der Waals surface area contributed by atoms with E-state index < -0.39 is 0 Å². The number of nitrogens with zero attached hydrogens (tertiary/aromatic N) is 2. The maximum atomic E-state index is 5.75. The van der Waals surface area contributed by atoms with E-state index in [9.17, 15) is 0 Å². The highest BCUT2D eigenvalue weighted by atomic mass is 127. The van der Waals surface area contributed by atoms with E-state index in [-0.39, 0.29) is 24.0 Å². The zero-order chi connectivity index (χ0) is 16.4. The first kappa shape index (κ1) is 21.9. The maximum absolute atomic E-state index is 5.75. The van der Waals surface area contributed by atoms with Crippen LogP contribution in [-0.2, 0) is 6.54 Å². The molecule has 0 aromatic carbocycles. The molecule has 6 heteroatoms. The van der Waals surface area contributed by atoms with Gasteiger partial charge in [-0.15, -0.1) is 24.0 Å². The molecule has 0 spiro atoms. The number of hydrogen-bond acceptors (Lipinski definition) is 3. The highest BCUT2D eigenvalue weighted by molar-refractivity contribution is 14.0. The fourth-order valence-corrected chi connectivity index (χ4v) is 1.76. The summed E-state index contributed by atoms with van der Waals surface area (Å²) < 4.78 is 5.75. The van der Waals surface area contributed by atoms with E-state index in [2.05, 4.69) is 48.3 Å². The van der Waals surface area contributed by atoms with Crippen LogP contribution in [0.1, 0.15) is 46.1 Å². The minimum Gasteiger partial charge on any atom is -0.477 e. The molecule has 0 saturated carbocycles. The first-order valence-electron chi connectivity index (χ1n) is 8.12. The van der Waals surface area contributed by atoms with Gasteiger partial charge in [-0.25, -0.2) is 4.98 Å². The van der Waals surface area contributed by atoms with Gasteiger partial charge in [-0.05, 0) is 25.3 Å². The number of guanidine groups is 1. The van der Waals surface area contributed by atoms with Crippen LogP contribution in [0.4, 0.5) is 0 Å². The van der Waals surface area contributed by atoms with E-state index in [4.69, 9.17) is 4.74 Å². The molecule has 1 aromatic rings. The number of ether oxygens (including phenoxy) is 1. The first-order valence-corrected chi connectivity index (χ1v) is 8.12. The Hall–Kier alpha value is -1.05. The standard InChI is InChI=1S/C17H30N4O.HI/c1-6-7-11-22-16-15(9-8-10-19-16)12-20-17(18-5)21-14(4)13(2)3;/h8-10,13-14H,6-7,11-12H2,1-5H3,(H2,18,20,21);1H. The predicted octanol–water partition coefficient (Wildman–Crippen LogP) is 3.59. The Balaban J connectivity index is 0.00000484. The summed E-state index contributed by atoms with van der Waals surface area (Å²) in [5.74, 6) is 2.05. The number of aromatic nitrogens is 1. The van der Waals surface area contributed by atoms with Crippen LogP contribution in [0.3, 0.4) is 0 Å². The molecule has 1 atom stereocenters. The van der Waals surface area contributed by atoms with Crippen molar-refractivity contribution >= 4 is 29.9 Å². The van der Waals surface area contributed by atoms with Gasteiger partial charge in [0, 0.05) is 31.4 Å². The summed E-state index contributed by atoms with van der Waals surface area (Å²) in [7, 11) is 1.78. The Bertz CT molecular complexity index is 466. The molecule has 0 aliphatic heterocycles. The summed E-state index contributed by atoms with van der Waals surface area (Å²) in [5.41, 5.74) is 1.04. The Labute approximate surface area is 157 Å². The molecule has 0 fully saturated rings. The molecule has 23 heavy (non-hydrogen) atoms. The molecular formula is C17H31IN4O. The summed E-state index contributed by atoms with van der Waals surface area (Å²) in [6.07, 6.45) is 3.92. The summed E-state index contributed by atoms with van der Waals surface area (Å²) in [6.45, 7) is 10.0. The summed E-state index contributed by atoms with van der Waals surface area (Å²) >= 11 is 0. The molecule has 0 aliphatic rings. The second-order valence-corrected chi connectivity index (χ2v) is 5.77. The largest absolute Gasteiger partial charge is 0.477 e. The molecule has 0 bridgehead atoms. The Morgan fingerprint density at radius 3 is 2.70 bits per heavy atom. The van der Waals surface area contributed by atoms with Crippen LogP contribution < -0.4 is 15.4 Å². The van der Waals surface area contributed by atoms with Crippen LogP contribution in [0.2, 0.25) is 0 Å². The van der Waals surface area contributed by atoms with Crippen LogP contribution in [0.25, 0.3) is 0 Å². The summed E-state index contributed by atoms with van der Waals surface area (Å²) in [5, 5.41) is 6.71. The molecule has 132 valence electrons.